The van der Waals surface area contributed by atoms with Crippen molar-refractivity contribution in [1.82, 2.24) is 18.9 Å². The molecule has 0 aliphatic carbocycles. The molecule has 0 aliphatic heterocycles. The van der Waals surface area contributed by atoms with Crippen molar-refractivity contribution >= 4 is 33.0 Å². The zero-order valence-electron chi connectivity index (χ0n) is 18.0. The molecular weight excluding hydrogens is 498 g/mol. The lowest BCUT2D eigenvalue weighted by molar-refractivity contribution is 0.630. The highest BCUT2D eigenvalue weighted by atomic mass is 79.9. The van der Waals surface area contributed by atoms with Gasteiger partial charge in [0.2, 0.25) is 0 Å². The molecule has 0 spiro atoms. The fourth-order valence-electron chi connectivity index (χ4n) is 3.76. The van der Waals surface area contributed by atoms with Gasteiger partial charge in [-0.1, -0.05) is 34.1 Å². The molecule has 0 amide bonds. The van der Waals surface area contributed by atoms with Crippen LogP contribution >= 0.6 is 27.3 Å². The van der Waals surface area contributed by atoms with Gasteiger partial charge < -0.3 is 0 Å². The highest BCUT2D eigenvalue weighted by molar-refractivity contribution is 9.10. The number of rotatable bonds is 4. The SMILES string of the molecule is Cc1c(-n2c(-c3cccnc3)csc2=Nc2ccc(Br)cc2)c(=O)n(-c2ccccc2)n1C. The molecule has 0 atom stereocenters. The van der Waals surface area contributed by atoms with Gasteiger partial charge in [-0.15, -0.1) is 11.3 Å². The molecule has 0 radical (unpaired) electrons. The van der Waals surface area contributed by atoms with Crippen LogP contribution in [0.25, 0.3) is 22.6 Å². The lowest BCUT2D eigenvalue weighted by Crippen LogP contribution is -2.24. The van der Waals surface area contributed by atoms with Gasteiger partial charge in [-0.05, 0) is 55.5 Å². The monoisotopic (exact) mass is 517 g/mol. The first-order valence-corrected chi connectivity index (χ1v) is 12.0. The van der Waals surface area contributed by atoms with Gasteiger partial charge in [-0.3, -0.25) is 19.0 Å². The summed E-state index contributed by atoms with van der Waals surface area (Å²) in [5, 5.41) is 2.02. The van der Waals surface area contributed by atoms with Gasteiger partial charge in [0, 0.05) is 34.9 Å². The number of nitrogens with zero attached hydrogens (tertiary/aromatic N) is 5. The van der Waals surface area contributed by atoms with Crippen LogP contribution < -0.4 is 10.4 Å². The van der Waals surface area contributed by atoms with Gasteiger partial charge in [-0.2, -0.15) is 0 Å². The summed E-state index contributed by atoms with van der Waals surface area (Å²) in [7, 11) is 1.90. The maximum Gasteiger partial charge on any atom is 0.296 e. The predicted octanol–water partition coefficient (Wildman–Crippen LogP) is 5.39. The lowest BCUT2D eigenvalue weighted by atomic mass is 10.2. The van der Waals surface area contributed by atoms with E-state index in [0.717, 1.165) is 32.8 Å². The van der Waals surface area contributed by atoms with Crippen LogP contribution in [-0.2, 0) is 7.05 Å². The largest absolute Gasteiger partial charge is 0.296 e. The Hall–Kier alpha value is -3.49. The van der Waals surface area contributed by atoms with Gasteiger partial charge >= 0.3 is 0 Å². The third kappa shape index (κ3) is 3.92. The van der Waals surface area contributed by atoms with E-state index in [1.807, 2.05) is 95.3 Å². The van der Waals surface area contributed by atoms with E-state index in [2.05, 4.69) is 20.9 Å². The van der Waals surface area contributed by atoms with E-state index in [4.69, 9.17) is 4.99 Å². The van der Waals surface area contributed by atoms with Gasteiger partial charge in [0.1, 0.15) is 5.69 Å². The molecule has 2 aromatic carbocycles. The fourth-order valence-corrected chi connectivity index (χ4v) is 4.93. The Labute approximate surface area is 202 Å². The van der Waals surface area contributed by atoms with Crippen LogP contribution in [0.1, 0.15) is 5.69 Å². The minimum absolute atomic E-state index is 0.109. The molecule has 0 fully saturated rings. The van der Waals surface area contributed by atoms with Crippen molar-refractivity contribution in [3.8, 4) is 22.6 Å². The first-order chi connectivity index (χ1) is 16.0. The van der Waals surface area contributed by atoms with Crippen LogP contribution in [0.5, 0.6) is 0 Å². The van der Waals surface area contributed by atoms with Crippen molar-refractivity contribution in [3.05, 3.63) is 110 Å². The third-order valence-corrected chi connectivity index (χ3v) is 6.82. The van der Waals surface area contributed by atoms with Gasteiger partial charge in [0.05, 0.1) is 22.8 Å². The Morgan fingerprint density at radius 1 is 1.00 bits per heavy atom. The number of para-hydroxylation sites is 1. The first kappa shape index (κ1) is 21.4. The quantitative estimate of drug-likeness (QED) is 0.320. The smallest absolute Gasteiger partial charge is 0.283 e. The Morgan fingerprint density at radius 3 is 2.45 bits per heavy atom. The molecule has 5 rings (SSSR count). The molecule has 0 unspecified atom stereocenters. The van der Waals surface area contributed by atoms with Gasteiger partial charge in [0.25, 0.3) is 5.56 Å². The van der Waals surface area contributed by atoms with Crippen molar-refractivity contribution in [2.45, 2.75) is 6.92 Å². The molecule has 8 heteroatoms. The second kappa shape index (κ2) is 8.80. The first-order valence-electron chi connectivity index (χ1n) is 10.3. The summed E-state index contributed by atoms with van der Waals surface area (Å²) >= 11 is 4.96. The van der Waals surface area contributed by atoms with Gasteiger partial charge in [0.15, 0.2) is 4.80 Å². The summed E-state index contributed by atoms with van der Waals surface area (Å²) in [4.78, 5) is 23.7. The molecule has 5 aromatic rings. The molecule has 33 heavy (non-hydrogen) atoms. The number of benzene rings is 2. The van der Waals surface area contributed by atoms with Crippen LogP contribution in [0.4, 0.5) is 5.69 Å². The molecule has 0 saturated heterocycles. The van der Waals surface area contributed by atoms with Crippen molar-refractivity contribution in [1.29, 1.82) is 0 Å². The summed E-state index contributed by atoms with van der Waals surface area (Å²) < 4.78 is 6.50. The average molecular weight is 518 g/mol. The Kier molecular flexibility index (Phi) is 5.70. The Bertz CT molecular complexity index is 1540. The van der Waals surface area contributed by atoms with E-state index in [0.29, 0.717) is 10.5 Å². The molecule has 0 bridgehead atoms. The van der Waals surface area contributed by atoms with E-state index in [1.54, 1.807) is 17.1 Å². The second-order valence-corrected chi connectivity index (χ2v) is 9.23. The summed E-state index contributed by atoms with van der Waals surface area (Å²) in [6.07, 6.45) is 3.54. The molecule has 3 aromatic heterocycles. The summed E-state index contributed by atoms with van der Waals surface area (Å²) in [5.41, 5.74) is 4.70. The maximum atomic E-state index is 13.8. The molecule has 6 nitrogen and oxygen atoms in total. The van der Waals surface area contributed by atoms with Crippen LogP contribution in [0.15, 0.2) is 98.8 Å². The predicted molar refractivity (Wildman–Crippen MR) is 136 cm³/mol. The third-order valence-electron chi connectivity index (χ3n) is 5.46. The number of thiazole rings is 1. The van der Waals surface area contributed by atoms with Crippen LogP contribution in [-0.4, -0.2) is 18.9 Å². The highest BCUT2D eigenvalue weighted by Gasteiger charge is 2.22. The van der Waals surface area contributed by atoms with E-state index in [9.17, 15) is 4.79 Å². The molecule has 0 saturated carbocycles. The zero-order chi connectivity index (χ0) is 22.9. The Balaban J connectivity index is 1.82. The lowest BCUT2D eigenvalue weighted by Gasteiger charge is -2.08. The van der Waals surface area contributed by atoms with Crippen molar-refractivity contribution in [3.63, 3.8) is 0 Å². The standard InChI is InChI=1S/C25H20BrN5OS/c1-17-23(24(32)31(29(17)2)21-8-4-3-5-9-21)30-22(18-7-6-14-27-15-18)16-33-25(30)28-20-12-10-19(26)11-13-20/h3-16H,1-2H3. The normalized spacial score (nSPS) is 11.8. The number of pyridine rings is 1. The molecule has 164 valence electrons. The van der Waals surface area contributed by atoms with E-state index < -0.39 is 0 Å². The number of hydrogen-bond acceptors (Lipinski definition) is 4. The van der Waals surface area contributed by atoms with E-state index in [1.165, 1.54) is 11.3 Å². The van der Waals surface area contributed by atoms with E-state index in [-0.39, 0.29) is 5.56 Å². The molecule has 3 heterocycles. The van der Waals surface area contributed by atoms with Gasteiger partial charge in [-0.25, -0.2) is 9.67 Å². The number of aromatic nitrogens is 4. The van der Waals surface area contributed by atoms with E-state index >= 15 is 0 Å². The fraction of sp³-hybridized carbons (Fsp3) is 0.0800. The molecule has 0 aliphatic rings. The number of halogens is 1. The number of hydrogen-bond donors (Lipinski definition) is 0. The second-order valence-electron chi connectivity index (χ2n) is 7.48. The molecule has 0 N–H and O–H groups in total. The zero-order valence-corrected chi connectivity index (χ0v) is 20.4. The summed E-state index contributed by atoms with van der Waals surface area (Å²) in [5.74, 6) is 0. The molecular formula is C25H20BrN5OS. The van der Waals surface area contributed by atoms with Crippen molar-refractivity contribution < 1.29 is 0 Å². The average Bonchev–Trinajstić information content (AvgIpc) is 3.34. The maximum absolute atomic E-state index is 13.8. The van der Waals surface area contributed by atoms with Crippen LogP contribution in [0, 0.1) is 6.92 Å². The summed E-state index contributed by atoms with van der Waals surface area (Å²) in [6, 6.07) is 21.3. The van der Waals surface area contributed by atoms with Crippen LogP contribution in [0.3, 0.4) is 0 Å². The summed E-state index contributed by atoms with van der Waals surface area (Å²) in [6.45, 7) is 1.96. The van der Waals surface area contributed by atoms with Crippen molar-refractivity contribution in [2.24, 2.45) is 12.0 Å². The minimum atomic E-state index is -0.109. The topological polar surface area (TPSA) is 57.1 Å². The Morgan fingerprint density at radius 2 is 1.76 bits per heavy atom. The minimum Gasteiger partial charge on any atom is -0.283 e. The van der Waals surface area contributed by atoms with Crippen LogP contribution in [0.2, 0.25) is 0 Å². The van der Waals surface area contributed by atoms with Crippen molar-refractivity contribution in [2.75, 3.05) is 0 Å². The highest BCUT2D eigenvalue weighted by Crippen LogP contribution is 2.25.